The minimum absolute atomic E-state index is 0.160. The third kappa shape index (κ3) is 5.19. The van der Waals surface area contributed by atoms with Crippen LogP contribution in [0.1, 0.15) is 44.6 Å². The van der Waals surface area contributed by atoms with E-state index in [0.717, 1.165) is 44.8 Å². The van der Waals surface area contributed by atoms with Crippen molar-refractivity contribution >= 4 is 6.09 Å². The van der Waals surface area contributed by atoms with Crippen LogP contribution in [0.5, 0.6) is 0 Å². The summed E-state index contributed by atoms with van der Waals surface area (Å²) in [5, 5.41) is 0. The number of carbonyl (C=O) groups excluding carboxylic acids is 1. The van der Waals surface area contributed by atoms with Gasteiger partial charge in [0.05, 0.1) is 6.61 Å². The number of ether oxygens (including phenoxy) is 1. The van der Waals surface area contributed by atoms with Gasteiger partial charge in [-0.25, -0.2) is 9.18 Å². The highest BCUT2D eigenvalue weighted by Crippen LogP contribution is 2.26. The number of rotatable bonds is 5. The summed E-state index contributed by atoms with van der Waals surface area (Å²) in [5.74, 6) is 0.559. The fourth-order valence-electron chi connectivity index (χ4n) is 4.31. The van der Waals surface area contributed by atoms with Crippen LogP contribution in [0, 0.1) is 11.7 Å². The van der Waals surface area contributed by atoms with Crippen molar-refractivity contribution < 1.29 is 13.9 Å². The molecule has 5 heteroatoms. The first-order valence-electron chi connectivity index (χ1n) is 10.1. The van der Waals surface area contributed by atoms with Gasteiger partial charge < -0.3 is 9.64 Å². The van der Waals surface area contributed by atoms with Gasteiger partial charge in [-0.05, 0) is 75.6 Å². The smallest absolute Gasteiger partial charge is 0.409 e. The number of hydrogen-bond donors (Lipinski definition) is 0. The summed E-state index contributed by atoms with van der Waals surface area (Å²) in [7, 11) is 0. The summed E-state index contributed by atoms with van der Waals surface area (Å²) in [4.78, 5) is 16.3. The van der Waals surface area contributed by atoms with Crippen LogP contribution in [0.2, 0.25) is 0 Å². The molecule has 2 saturated heterocycles. The van der Waals surface area contributed by atoms with E-state index in [1.807, 2.05) is 24.0 Å². The highest BCUT2D eigenvalue weighted by molar-refractivity contribution is 5.67. The molecule has 0 saturated carbocycles. The molecule has 1 amide bonds. The Kier molecular flexibility index (Phi) is 6.89. The van der Waals surface area contributed by atoms with Gasteiger partial charge in [0.1, 0.15) is 5.82 Å². The summed E-state index contributed by atoms with van der Waals surface area (Å²) in [5.41, 5.74) is 1.23. The van der Waals surface area contributed by atoms with E-state index in [-0.39, 0.29) is 11.9 Å². The van der Waals surface area contributed by atoms with Gasteiger partial charge in [0.25, 0.3) is 0 Å². The van der Waals surface area contributed by atoms with Gasteiger partial charge in [-0.3, -0.25) is 4.90 Å². The lowest BCUT2D eigenvalue weighted by Crippen LogP contribution is -2.49. The average Bonchev–Trinajstić information content (AvgIpc) is 2.68. The SMILES string of the molecule is CCOC(=O)N1CCC(N2CCC[C@H](CCc3ccc(F)cc3)C2)CC1. The summed E-state index contributed by atoms with van der Waals surface area (Å²) >= 11 is 0. The highest BCUT2D eigenvalue weighted by Gasteiger charge is 2.30. The van der Waals surface area contributed by atoms with Gasteiger partial charge in [0, 0.05) is 25.7 Å². The normalized spacial score (nSPS) is 22.4. The highest BCUT2D eigenvalue weighted by atomic mass is 19.1. The van der Waals surface area contributed by atoms with Crippen molar-refractivity contribution in [1.82, 2.24) is 9.80 Å². The van der Waals surface area contributed by atoms with Crippen LogP contribution in [0.3, 0.4) is 0 Å². The van der Waals surface area contributed by atoms with Crippen LogP contribution in [-0.2, 0) is 11.2 Å². The van der Waals surface area contributed by atoms with E-state index in [1.54, 1.807) is 12.1 Å². The van der Waals surface area contributed by atoms with Crippen LogP contribution < -0.4 is 0 Å². The Morgan fingerprint density at radius 3 is 2.58 bits per heavy atom. The molecule has 3 rings (SSSR count). The molecule has 2 aliphatic heterocycles. The first kappa shape index (κ1) is 19.2. The third-order valence-electron chi connectivity index (χ3n) is 5.81. The predicted octanol–water partition coefficient (Wildman–Crippen LogP) is 4.09. The first-order valence-corrected chi connectivity index (χ1v) is 10.1. The Hall–Kier alpha value is -1.62. The second-order valence-electron chi connectivity index (χ2n) is 7.59. The number of benzene rings is 1. The summed E-state index contributed by atoms with van der Waals surface area (Å²) in [6, 6.07) is 7.51. The predicted molar refractivity (Wildman–Crippen MR) is 101 cm³/mol. The summed E-state index contributed by atoms with van der Waals surface area (Å²) in [6.07, 6.45) is 6.67. The molecule has 4 nitrogen and oxygen atoms in total. The molecule has 1 aromatic carbocycles. The maximum Gasteiger partial charge on any atom is 0.409 e. The van der Waals surface area contributed by atoms with Gasteiger partial charge in [-0.1, -0.05) is 12.1 Å². The number of likely N-dealkylation sites (tertiary alicyclic amines) is 2. The zero-order valence-electron chi connectivity index (χ0n) is 15.8. The molecule has 2 heterocycles. The lowest BCUT2D eigenvalue weighted by molar-refractivity contribution is 0.0567. The number of nitrogens with zero attached hydrogens (tertiary/aromatic N) is 2. The number of halogens is 1. The molecule has 0 bridgehead atoms. The maximum atomic E-state index is 13.0. The lowest BCUT2D eigenvalue weighted by Gasteiger charge is -2.42. The van der Waals surface area contributed by atoms with Crippen molar-refractivity contribution in [2.24, 2.45) is 5.92 Å². The number of piperidine rings is 2. The van der Waals surface area contributed by atoms with Gasteiger partial charge in [-0.2, -0.15) is 0 Å². The molecule has 1 atom stereocenters. The molecule has 0 aliphatic carbocycles. The van der Waals surface area contributed by atoms with Crippen molar-refractivity contribution in [2.75, 3.05) is 32.8 Å². The molecule has 0 unspecified atom stereocenters. The standard InChI is InChI=1S/C21H31FN2O2/c1-2-26-21(25)23-14-11-20(12-15-23)24-13-3-4-18(16-24)6-5-17-7-9-19(22)10-8-17/h7-10,18,20H,2-6,11-16H2,1H3/t18-/m1/s1. The van der Waals surface area contributed by atoms with Gasteiger partial charge in [-0.15, -0.1) is 0 Å². The molecule has 0 spiro atoms. The van der Waals surface area contributed by atoms with Gasteiger partial charge >= 0.3 is 6.09 Å². The second-order valence-corrected chi connectivity index (χ2v) is 7.59. The van der Waals surface area contributed by atoms with E-state index < -0.39 is 0 Å². The fourth-order valence-corrected chi connectivity index (χ4v) is 4.31. The van der Waals surface area contributed by atoms with E-state index in [1.165, 1.54) is 31.4 Å². The van der Waals surface area contributed by atoms with Crippen molar-refractivity contribution in [2.45, 2.75) is 51.5 Å². The average molecular weight is 362 g/mol. The number of carbonyl (C=O) groups is 1. The zero-order valence-corrected chi connectivity index (χ0v) is 15.8. The van der Waals surface area contributed by atoms with Crippen molar-refractivity contribution in [3.63, 3.8) is 0 Å². The quantitative estimate of drug-likeness (QED) is 0.791. The maximum absolute atomic E-state index is 13.0. The van der Waals surface area contributed by atoms with Crippen LogP contribution in [-0.4, -0.2) is 54.7 Å². The largest absolute Gasteiger partial charge is 0.450 e. The van der Waals surface area contributed by atoms with Gasteiger partial charge in [0.15, 0.2) is 0 Å². The van der Waals surface area contributed by atoms with E-state index in [9.17, 15) is 9.18 Å². The Balaban J connectivity index is 1.43. The summed E-state index contributed by atoms with van der Waals surface area (Å²) in [6.45, 7) is 6.24. The molecule has 144 valence electrons. The molecular formula is C21H31FN2O2. The molecule has 2 aliphatic rings. The van der Waals surface area contributed by atoms with Crippen molar-refractivity contribution in [1.29, 1.82) is 0 Å². The van der Waals surface area contributed by atoms with Crippen LogP contribution in [0.15, 0.2) is 24.3 Å². The zero-order chi connectivity index (χ0) is 18.4. The van der Waals surface area contributed by atoms with Crippen LogP contribution in [0.4, 0.5) is 9.18 Å². The van der Waals surface area contributed by atoms with E-state index in [4.69, 9.17) is 4.74 Å². The van der Waals surface area contributed by atoms with Gasteiger partial charge in [0.2, 0.25) is 0 Å². The fraction of sp³-hybridized carbons (Fsp3) is 0.667. The molecule has 26 heavy (non-hydrogen) atoms. The second kappa shape index (κ2) is 9.36. The number of aryl methyl sites for hydroxylation is 1. The topological polar surface area (TPSA) is 32.8 Å². The molecule has 0 aromatic heterocycles. The van der Waals surface area contributed by atoms with Crippen LogP contribution in [0.25, 0.3) is 0 Å². The third-order valence-corrected chi connectivity index (χ3v) is 5.81. The van der Waals surface area contributed by atoms with Crippen molar-refractivity contribution in [3.05, 3.63) is 35.6 Å². The monoisotopic (exact) mass is 362 g/mol. The van der Waals surface area contributed by atoms with E-state index in [2.05, 4.69) is 4.90 Å². The molecular weight excluding hydrogens is 331 g/mol. The minimum Gasteiger partial charge on any atom is -0.450 e. The summed E-state index contributed by atoms with van der Waals surface area (Å²) < 4.78 is 18.1. The van der Waals surface area contributed by atoms with E-state index >= 15 is 0 Å². The lowest BCUT2D eigenvalue weighted by atomic mass is 9.89. The first-order chi connectivity index (χ1) is 12.7. The Morgan fingerprint density at radius 1 is 1.15 bits per heavy atom. The minimum atomic E-state index is -0.165. The Bertz CT molecular complexity index is 570. The number of amides is 1. The molecule has 2 fully saturated rings. The Morgan fingerprint density at radius 2 is 1.88 bits per heavy atom. The Labute approximate surface area is 156 Å². The van der Waals surface area contributed by atoms with Crippen LogP contribution >= 0.6 is 0 Å². The number of hydrogen-bond acceptors (Lipinski definition) is 3. The molecule has 0 radical (unpaired) electrons. The van der Waals surface area contributed by atoms with Crippen molar-refractivity contribution in [3.8, 4) is 0 Å². The van der Waals surface area contributed by atoms with E-state index in [0.29, 0.717) is 12.6 Å². The molecule has 0 N–H and O–H groups in total. The molecule has 1 aromatic rings.